The number of rotatable bonds is 6. The molecule has 2 aliphatic rings. The van der Waals surface area contributed by atoms with Crippen molar-refractivity contribution in [3.05, 3.63) is 63.7 Å². The Balaban J connectivity index is 1.63. The van der Waals surface area contributed by atoms with Crippen molar-refractivity contribution in [1.29, 1.82) is 0 Å². The molecule has 8 nitrogen and oxygen atoms in total. The molecule has 0 saturated carbocycles. The van der Waals surface area contributed by atoms with E-state index in [2.05, 4.69) is 19.1 Å². The Morgan fingerprint density at radius 1 is 1.09 bits per heavy atom. The molecule has 0 aromatic heterocycles. The van der Waals surface area contributed by atoms with Crippen LogP contribution in [-0.4, -0.2) is 65.7 Å². The molecule has 9 heteroatoms. The Morgan fingerprint density at radius 3 is 2.47 bits per heavy atom. The third-order valence-electron chi connectivity index (χ3n) is 6.39. The van der Waals surface area contributed by atoms with Crippen LogP contribution in [0.25, 0.3) is 0 Å². The number of aliphatic hydroxyl groups excluding tert-OH is 3. The van der Waals surface area contributed by atoms with Crippen LogP contribution in [0.5, 0.6) is 5.75 Å². The van der Waals surface area contributed by atoms with Gasteiger partial charge in [-0.15, -0.1) is 0 Å². The van der Waals surface area contributed by atoms with Crippen molar-refractivity contribution in [3.8, 4) is 5.75 Å². The number of ether oxygens (including phenoxy) is 4. The second kappa shape index (κ2) is 10.1. The molecule has 5 atom stereocenters. The Kier molecular flexibility index (Phi) is 7.35. The molecular formula is C25H29ClO8. The number of aryl methyl sites for hydroxylation is 1. The molecule has 2 aromatic rings. The molecule has 3 N–H and O–H groups in total. The SMILES string of the molecule is CCOC(=O)OC[C@H]1O[C@]2(COc3cc(Cl)c(Cc4ccc(CC)cc4)cc32)[C@H](O)[C@@H](O)[C@@H]1O. The summed E-state index contributed by atoms with van der Waals surface area (Å²) in [5.74, 6) is 0.419. The van der Waals surface area contributed by atoms with Crippen LogP contribution >= 0.6 is 11.6 Å². The maximum atomic E-state index is 11.6. The van der Waals surface area contributed by atoms with Crippen molar-refractivity contribution >= 4 is 17.8 Å². The highest BCUT2D eigenvalue weighted by atomic mass is 35.5. The van der Waals surface area contributed by atoms with Gasteiger partial charge in [-0.25, -0.2) is 4.79 Å². The molecular weight excluding hydrogens is 464 g/mol. The zero-order valence-electron chi connectivity index (χ0n) is 19.1. The van der Waals surface area contributed by atoms with Crippen molar-refractivity contribution in [3.63, 3.8) is 0 Å². The first kappa shape index (κ1) is 24.8. The van der Waals surface area contributed by atoms with Crippen LogP contribution in [0.1, 0.15) is 36.1 Å². The minimum atomic E-state index is -1.56. The lowest BCUT2D eigenvalue weighted by molar-refractivity contribution is -0.280. The van der Waals surface area contributed by atoms with Crippen LogP contribution in [0.4, 0.5) is 4.79 Å². The van der Waals surface area contributed by atoms with E-state index in [4.69, 9.17) is 30.5 Å². The summed E-state index contributed by atoms with van der Waals surface area (Å²) in [6, 6.07) is 11.7. The van der Waals surface area contributed by atoms with E-state index in [1.54, 1.807) is 19.1 Å². The van der Waals surface area contributed by atoms with E-state index in [0.717, 1.165) is 17.5 Å². The van der Waals surface area contributed by atoms with Crippen LogP contribution in [0, 0.1) is 0 Å². The van der Waals surface area contributed by atoms with Crippen molar-refractivity contribution in [2.24, 2.45) is 0 Å². The minimum Gasteiger partial charge on any atom is -0.490 e. The first-order valence-electron chi connectivity index (χ1n) is 11.3. The molecule has 1 fully saturated rings. The van der Waals surface area contributed by atoms with Gasteiger partial charge in [0.05, 0.1) is 6.61 Å². The summed E-state index contributed by atoms with van der Waals surface area (Å²) in [4.78, 5) is 11.6. The van der Waals surface area contributed by atoms with Gasteiger partial charge < -0.3 is 34.3 Å². The van der Waals surface area contributed by atoms with Crippen LogP contribution < -0.4 is 4.74 Å². The molecule has 34 heavy (non-hydrogen) atoms. The van der Waals surface area contributed by atoms with E-state index in [1.165, 1.54) is 5.56 Å². The predicted molar refractivity (Wildman–Crippen MR) is 123 cm³/mol. The molecule has 0 bridgehead atoms. The topological polar surface area (TPSA) is 115 Å². The molecule has 184 valence electrons. The molecule has 4 rings (SSSR count). The van der Waals surface area contributed by atoms with Gasteiger partial charge in [0.1, 0.15) is 43.4 Å². The average molecular weight is 493 g/mol. The number of benzene rings is 2. The number of halogens is 1. The number of fused-ring (bicyclic) bond motifs is 2. The van der Waals surface area contributed by atoms with E-state index in [9.17, 15) is 20.1 Å². The smallest absolute Gasteiger partial charge is 0.490 e. The molecule has 1 spiro atoms. The van der Waals surface area contributed by atoms with Crippen LogP contribution in [0.3, 0.4) is 0 Å². The lowest BCUT2D eigenvalue weighted by Gasteiger charge is -2.46. The first-order valence-corrected chi connectivity index (χ1v) is 11.7. The van der Waals surface area contributed by atoms with Gasteiger partial charge in [-0.1, -0.05) is 42.8 Å². The average Bonchev–Trinajstić information content (AvgIpc) is 3.18. The third-order valence-corrected chi connectivity index (χ3v) is 6.75. The van der Waals surface area contributed by atoms with E-state index in [0.29, 0.717) is 22.8 Å². The van der Waals surface area contributed by atoms with Crippen molar-refractivity contribution in [2.45, 2.75) is 56.7 Å². The zero-order valence-corrected chi connectivity index (χ0v) is 19.8. The van der Waals surface area contributed by atoms with E-state index < -0.39 is 36.2 Å². The Bertz CT molecular complexity index is 1030. The highest BCUT2D eigenvalue weighted by Crippen LogP contribution is 2.48. The van der Waals surface area contributed by atoms with Gasteiger partial charge in [-0.3, -0.25) is 0 Å². The fraction of sp³-hybridized carbons (Fsp3) is 0.480. The number of hydrogen-bond donors (Lipinski definition) is 3. The Hall–Kier alpha value is -2.36. The van der Waals surface area contributed by atoms with Gasteiger partial charge in [0, 0.05) is 10.6 Å². The molecule has 0 amide bonds. The fourth-order valence-corrected chi connectivity index (χ4v) is 4.66. The summed E-state index contributed by atoms with van der Waals surface area (Å²) in [7, 11) is 0. The van der Waals surface area contributed by atoms with Gasteiger partial charge in [-0.2, -0.15) is 0 Å². The summed E-state index contributed by atoms with van der Waals surface area (Å²) in [5.41, 5.74) is 2.14. The van der Waals surface area contributed by atoms with E-state index in [1.807, 2.05) is 12.1 Å². The second-order valence-corrected chi connectivity index (χ2v) is 8.95. The standard InChI is InChI=1S/C25H29ClO8/c1-3-14-5-7-15(8-6-14)9-16-10-17-19(11-18(16)26)33-13-25(17)23(29)22(28)21(27)20(34-25)12-32-24(30)31-4-2/h5-8,10-11,20-23,27-29H,3-4,9,12-13H2,1-2H3/t20-,21-,22+,23-,25+/m1/s1. The molecule has 2 aromatic carbocycles. The third kappa shape index (κ3) is 4.61. The van der Waals surface area contributed by atoms with Gasteiger partial charge in [0.25, 0.3) is 0 Å². The minimum absolute atomic E-state index is 0.103. The van der Waals surface area contributed by atoms with Gasteiger partial charge >= 0.3 is 6.16 Å². The molecule has 0 unspecified atom stereocenters. The van der Waals surface area contributed by atoms with Gasteiger partial charge in [0.2, 0.25) is 0 Å². The number of aliphatic hydroxyl groups is 3. The maximum Gasteiger partial charge on any atom is 0.508 e. The lowest BCUT2D eigenvalue weighted by atomic mass is 9.80. The van der Waals surface area contributed by atoms with Crippen molar-refractivity contribution < 1.29 is 39.1 Å². The largest absolute Gasteiger partial charge is 0.508 e. The Morgan fingerprint density at radius 2 is 1.79 bits per heavy atom. The number of carbonyl (C=O) groups is 1. The first-order chi connectivity index (χ1) is 16.3. The number of carbonyl (C=O) groups excluding carboxylic acids is 1. The van der Waals surface area contributed by atoms with Crippen LogP contribution in [-0.2, 0) is 32.7 Å². The molecule has 0 radical (unpaired) electrons. The lowest BCUT2D eigenvalue weighted by Crippen LogP contribution is -2.64. The fourth-order valence-electron chi connectivity index (χ4n) is 4.44. The summed E-state index contributed by atoms with van der Waals surface area (Å²) < 4.78 is 21.6. The summed E-state index contributed by atoms with van der Waals surface area (Å²) in [6.07, 6.45) is -5.06. The van der Waals surface area contributed by atoms with Crippen LogP contribution in [0.2, 0.25) is 5.02 Å². The highest BCUT2D eigenvalue weighted by Gasteiger charge is 2.58. The second-order valence-electron chi connectivity index (χ2n) is 8.54. The number of hydrogen-bond acceptors (Lipinski definition) is 8. The van der Waals surface area contributed by atoms with Gasteiger partial charge in [-0.05, 0) is 48.6 Å². The van der Waals surface area contributed by atoms with E-state index in [-0.39, 0.29) is 19.8 Å². The molecule has 0 aliphatic carbocycles. The Labute approximate surface area is 203 Å². The quantitative estimate of drug-likeness (QED) is 0.527. The normalized spacial score (nSPS) is 27.8. The molecule has 2 aliphatic heterocycles. The maximum absolute atomic E-state index is 11.6. The summed E-state index contributed by atoms with van der Waals surface area (Å²) >= 11 is 6.53. The van der Waals surface area contributed by atoms with Crippen molar-refractivity contribution in [1.82, 2.24) is 0 Å². The van der Waals surface area contributed by atoms with Crippen LogP contribution in [0.15, 0.2) is 36.4 Å². The van der Waals surface area contributed by atoms with E-state index >= 15 is 0 Å². The predicted octanol–water partition coefficient (Wildman–Crippen LogP) is 2.74. The van der Waals surface area contributed by atoms with Crippen molar-refractivity contribution in [2.75, 3.05) is 19.8 Å². The highest BCUT2D eigenvalue weighted by molar-refractivity contribution is 6.31. The summed E-state index contributed by atoms with van der Waals surface area (Å²) in [5, 5.41) is 32.5. The monoisotopic (exact) mass is 492 g/mol. The molecule has 2 heterocycles. The van der Waals surface area contributed by atoms with Gasteiger partial charge in [0.15, 0.2) is 5.60 Å². The molecule has 1 saturated heterocycles. The summed E-state index contributed by atoms with van der Waals surface area (Å²) in [6.45, 7) is 3.39. The zero-order chi connectivity index (χ0) is 24.5.